The van der Waals surface area contributed by atoms with Crippen LogP contribution in [0.3, 0.4) is 0 Å². The summed E-state index contributed by atoms with van der Waals surface area (Å²) in [5.74, 6) is 1.13. The third-order valence-electron chi connectivity index (χ3n) is 2.87. The average molecular weight is 206 g/mol. The maximum absolute atomic E-state index is 4.39. The molecule has 0 amide bonds. The third kappa shape index (κ3) is 2.71. The molecule has 2 atom stereocenters. The van der Waals surface area contributed by atoms with Gasteiger partial charge in [-0.05, 0) is 38.8 Å². The summed E-state index contributed by atoms with van der Waals surface area (Å²) in [6.45, 7) is 8.55. The minimum atomic E-state index is 0.643. The minimum Gasteiger partial charge on any atom is -0.351 e. The quantitative estimate of drug-likeness (QED) is 0.699. The van der Waals surface area contributed by atoms with Crippen LogP contribution in [0.15, 0.2) is 24.4 Å². The number of rotatable bonds is 1. The summed E-state index contributed by atoms with van der Waals surface area (Å²) in [4.78, 5) is 6.80. The van der Waals surface area contributed by atoms with Gasteiger partial charge in [-0.3, -0.25) is 0 Å². The molecule has 1 aliphatic heterocycles. The van der Waals surface area contributed by atoms with Crippen molar-refractivity contribution in [3.63, 3.8) is 0 Å². The van der Waals surface area contributed by atoms with E-state index >= 15 is 0 Å². The Bertz CT molecular complexity index is 261. The van der Waals surface area contributed by atoms with Gasteiger partial charge in [0.15, 0.2) is 0 Å². The van der Waals surface area contributed by atoms with Gasteiger partial charge >= 0.3 is 0 Å². The molecule has 0 bridgehead atoms. The Morgan fingerprint density at radius 2 is 1.73 bits per heavy atom. The van der Waals surface area contributed by atoms with Gasteiger partial charge in [0.2, 0.25) is 0 Å². The van der Waals surface area contributed by atoms with E-state index in [-0.39, 0.29) is 0 Å². The predicted molar refractivity (Wildman–Crippen MR) is 66.2 cm³/mol. The minimum absolute atomic E-state index is 0.643. The van der Waals surface area contributed by atoms with E-state index in [1.807, 2.05) is 26.1 Å². The van der Waals surface area contributed by atoms with Gasteiger partial charge in [-0.2, -0.15) is 0 Å². The summed E-state index contributed by atoms with van der Waals surface area (Å²) in [5, 5.41) is 0. The molecule has 2 rings (SSSR count). The maximum Gasteiger partial charge on any atom is 0.128 e. The highest BCUT2D eigenvalue weighted by Gasteiger charge is 2.27. The zero-order valence-electron chi connectivity index (χ0n) is 10.3. The standard InChI is InChI=1S/C11H16N2.C2H6/c1-9-6-7-10(2)13(9)11-5-3-4-8-12-11;1-2/h3-5,8-10H,6-7H2,1-2H3;1-2H3. The SMILES string of the molecule is CC.CC1CCC(C)N1c1ccccn1. The highest BCUT2D eigenvalue weighted by molar-refractivity contribution is 5.41. The van der Waals surface area contributed by atoms with Crippen LogP contribution < -0.4 is 4.90 Å². The van der Waals surface area contributed by atoms with Crippen LogP contribution in [-0.2, 0) is 0 Å². The lowest BCUT2D eigenvalue weighted by molar-refractivity contribution is 0.683. The molecule has 0 saturated carbocycles. The first kappa shape index (κ1) is 12.0. The molecular formula is C13H22N2. The summed E-state index contributed by atoms with van der Waals surface area (Å²) in [6.07, 6.45) is 4.45. The molecule has 0 aromatic carbocycles. The first-order valence-electron chi connectivity index (χ1n) is 5.98. The van der Waals surface area contributed by atoms with Gasteiger partial charge < -0.3 is 4.90 Å². The lowest BCUT2D eigenvalue weighted by Crippen LogP contribution is -2.33. The molecule has 0 radical (unpaired) electrons. The molecule has 84 valence electrons. The molecule has 1 aromatic rings. The predicted octanol–water partition coefficient (Wildman–Crippen LogP) is 3.49. The summed E-state index contributed by atoms with van der Waals surface area (Å²) in [5.41, 5.74) is 0. The summed E-state index contributed by atoms with van der Waals surface area (Å²) in [6, 6.07) is 7.41. The van der Waals surface area contributed by atoms with Crippen LogP contribution in [0.25, 0.3) is 0 Å². The van der Waals surface area contributed by atoms with Crippen molar-refractivity contribution in [2.75, 3.05) is 4.90 Å². The van der Waals surface area contributed by atoms with Gasteiger partial charge in [0, 0.05) is 18.3 Å². The van der Waals surface area contributed by atoms with Gasteiger partial charge in [-0.1, -0.05) is 19.9 Å². The smallest absolute Gasteiger partial charge is 0.128 e. The van der Waals surface area contributed by atoms with E-state index in [1.54, 1.807) is 0 Å². The highest BCUT2D eigenvalue weighted by atomic mass is 15.2. The third-order valence-corrected chi connectivity index (χ3v) is 2.87. The highest BCUT2D eigenvalue weighted by Crippen LogP contribution is 2.27. The summed E-state index contributed by atoms with van der Waals surface area (Å²) >= 11 is 0. The normalized spacial score (nSPS) is 24.7. The fourth-order valence-electron chi connectivity index (χ4n) is 2.15. The molecular weight excluding hydrogens is 184 g/mol. The molecule has 1 aromatic heterocycles. The van der Waals surface area contributed by atoms with Gasteiger partial charge in [0.1, 0.15) is 5.82 Å². The summed E-state index contributed by atoms with van der Waals surface area (Å²) < 4.78 is 0. The van der Waals surface area contributed by atoms with Crippen molar-refractivity contribution in [3.05, 3.63) is 24.4 Å². The Kier molecular flexibility index (Phi) is 4.60. The number of aromatic nitrogens is 1. The molecule has 2 unspecified atom stereocenters. The Morgan fingerprint density at radius 1 is 1.13 bits per heavy atom. The molecule has 2 heteroatoms. The van der Waals surface area contributed by atoms with Gasteiger partial charge in [-0.25, -0.2) is 4.98 Å². The second-order valence-electron chi connectivity index (χ2n) is 3.87. The van der Waals surface area contributed by atoms with Crippen molar-refractivity contribution in [1.82, 2.24) is 4.98 Å². The number of anilines is 1. The van der Waals surface area contributed by atoms with Crippen LogP contribution in [0, 0.1) is 0 Å². The molecule has 1 aliphatic rings. The number of nitrogens with zero attached hydrogens (tertiary/aromatic N) is 2. The van der Waals surface area contributed by atoms with Crippen molar-refractivity contribution in [1.29, 1.82) is 0 Å². The van der Waals surface area contributed by atoms with Crippen molar-refractivity contribution in [3.8, 4) is 0 Å². The van der Waals surface area contributed by atoms with E-state index in [0.29, 0.717) is 12.1 Å². The van der Waals surface area contributed by atoms with Crippen LogP contribution in [0.5, 0.6) is 0 Å². The molecule has 15 heavy (non-hydrogen) atoms. The second-order valence-corrected chi connectivity index (χ2v) is 3.87. The Hall–Kier alpha value is -1.05. The van der Waals surface area contributed by atoms with Crippen LogP contribution in [-0.4, -0.2) is 17.1 Å². The van der Waals surface area contributed by atoms with E-state index in [9.17, 15) is 0 Å². The van der Waals surface area contributed by atoms with Crippen molar-refractivity contribution in [2.45, 2.75) is 52.6 Å². The van der Waals surface area contributed by atoms with Crippen LogP contribution >= 0.6 is 0 Å². The van der Waals surface area contributed by atoms with Gasteiger partial charge in [0.25, 0.3) is 0 Å². The van der Waals surface area contributed by atoms with E-state index < -0.39 is 0 Å². The van der Waals surface area contributed by atoms with Crippen molar-refractivity contribution >= 4 is 5.82 Å². The lowest BCUT2D eigenvalue weighted by Gasteiger charge is -2.27. The zero-order valence-corrected chi connectivity index (χ0v) is 10.3. The lowest BCUT2D eigenvalue weighted by atomic mass is 10.2. The monoisotopic (exact) mass is 206 g/mol. The molecule has 1 saturated heterocycles. The van der Waals surface area contributed by atoms with E-state index in [0.717, 1.165) is 5.82 Å². The molecule has 0 N–H and O–H groups in total. The number of pyridine rings is 1. The molecule has 0 aliphatic carbocycles. The molecule has 0 spiro atoms. The molecule has 2 nitrogen and oxygen atoms in total. The first-order valence-corrected chi connectivity index (χ1v) is 5.98. The largest absolute Gasteiger partial charge is 0.351 e. The number of hydrogen-bond donors (Lipinski definition) is 0. The fraction of sp³-hybridized carbons (Fsp3) is 0.615. The van der Waals surface area contributed by atoms with E-state index in [2.05, 4.69) is 35.9 Å². The number of hydrogen-bond acceptors (Lipinski definition) is 2. The van der Waals surface area contributed by atoms with Gasteiger partial charge in [0.05, 0.1) is 0 Å². The molecule has 2 heterocycles. The summed E-state index contributed by atoms with van der Waals surface area (Å²) in [7, 11) is 0. The Labute approximate surface area is 93.3 Å². The Balaban J connectivity index is 0.000000531. The Morgan fingerprint density at radius 3 is 2.20 bits per heavy atom. The zero-order chi connectivity index (χ0) is 11.3. The van der Waals surface area contributed by atoms with E-state index in [4.69, 9.17) is 0 Å². The van der Waals surface area contributed by atoms with E-state index in [1.165, 1.54) is 12.8 Å². The van der Waals surface area contributed by atoms with Crippen LogP contribution in [0.4, 0.5) is 5.82 Å². The average Bonchev–Trinajstić information content (AvgIpc) is 2.63. The fourth-order valence-corrected chi connectivity index (χ4v) is 2.15. The first-order chi connectivity index (χ1) is 7.29. The van der Waals surface area contributed by atoms with Crippen LogP contribution in [0.1, 0.15) is 40.5 Å². The molecule has 1 fully saturated rings. The maximum atomic E-state index is 4.39. The van der Waals surface area contributed by atoms with Crippen molar-refractivity contribution in [2.24, 2.45) is 0 Å². The second kappa shape index (κ2) is 5.74. The van der Waals surface area contributed by atoms with Gasteiger partial charge in [-0.15, -0.1) is 0 Å². The van der Waals surface area contributed by atoms with Crippen LogP contribution in [0.2, 0.25) is 0 Å². The topological polar surface area (TPSA) is 16.1 Å². The van der Waals surface area contributed by atoms with Crippen molar-refractivity contribution < 1.29 is 0 Å².